The van der Waals surface area contributed by atoms with E-state index in [4.69, 9.17) is 10.5 Å². The van der Waals surface area contributed by atoms with Crippen LogP contribution in [0.1, 0.15) is 24.5 Å². The monoisotopic (exact) mass is 317 g/mol. The molecule has 116 valence electrons. The number of hydrogen-bond donors (Lipinski definition) is 1. The number of amides is 1. The summed E-state index contributed by atoms with van der Waals surface area (Å²) in [6, 6.07) is 13.3. The van der Waals surface area contributed by atoms with Gasteiger partial charge in [0.15, 0.2) is 0 Å². The Balaban J connectivity index is 2.39. The summed E-state index contributed by atoms with van der Waals surface area (Å²) < 4.78 is 0. The molecule has 0 aromatic heterocycles. The lowest BCUT2D eigenvalue weighted by atomic mass is 10.1. The average molecular weight is 317 g/mol. The quantitative estimate of drug-likeness (QED) is 0.753. The third-order valence-electron chi connectivity index (χ3n) is 3.03. The van der Waals surface area contributed by atoms with Crippen LogP contribution in [0.25, 0.3) is 0 Å². The maximum Gasteiger partial charge on any atom is 0.232 e. The highest BCUT2D eigenvalue weighted by molar-refractivity contribution is 7.99. The minimum absolute atomic E-state index is 0.101. The lowest BCUT2D eigenvalue weighted by Crippen LogP contribution is -2.34. The SMILES string of the molecule is N#CCCN(CCC#N)C(=O)CSCC(O)c1ccccc1. The maximum absolute atomic E-state index is 12.1. The molecule has 0 aliphatic rings. The number of hydrogen-bond acceptors (Lipinski definition) is 5. The van der Waals surface area contributed by atoms with Crippen LogP contribution in [-0.2, 0) is 4.79 Å². The first kappa shape index (κ1) is 18.0. The summed E-state index contributed by atoms with van der Waals surface area (Å²) >= 11 is 1.35. The number of aliphatic hydroxyl groups excluding tert-OH is 1. The molecule has 1 N–H and O–H groups in total. The standard InChI is InChI=1S/C16H19N3O2S/c17-8-4-10-19(11-5-9-18)16(21)13-22-12-15(20)14-6-2-1-3-7-14/h1-3,6-7,15,20H,4-5,10-13H2. The third kappa shape index (κ3) is 6.62. The zero-order valence-electron chi connectivity index (χ0n) is 12.3. The lowest BCUT2D eigenvalue weighted by molar-refractivity contribution is -0.128. The van der Waals surface area contributed by atoms with E-state index in [9.17, 15) is 9.90 Å². The number of aliphatic hydroxyl groups is 1. The summed E-state index contributed by atoms with van der Waals surface area (Å²) in [4.78, 5) is 13.6. The molecule has 22 heavy (non-hydrogen) atoms. The van der Waals surface area contributed by atoms with E-state index in [1.165, 1.54) is 16.7 Å². The average Bonchev–Trinajstić information content (AvgIpc) is 2.55. The van der Waals surface area contributed by atoms with Crippen LogP contribution < -0.4 is 0 Å². The molecular formula is C16H19N3O2S. The van der Waals surface area contributed by atoms with Crippen molar-refractivity contribution in [3.63, 3.8) is 0 Å². The molecule has 1 unspecified atom stereocenters. The topological polar surface area (TPSA) is 88.1 Å². The Bertz CT molecular complexity index is 519. The van der Waals surface area contributed by atoms with Crippen molar-refractivity contribution in [2.45, 2.75) is 18.9 Å². The van der Waals surface area contributed by atoms with Crippen LogP contribution in [0.4, 0.5) is 0 Å². The molecule has 0 bridgehead atoms. The van der Waals surface area contributed by atoms with Gasteiger partial charge in [0, 0.05) is 18.8 Å². The van der Waals surface area contributed by atoms with Crippen LogP contribution >= 0.6 is 11.8 Å². The highest BCUT2D eigenvalue weighted by Crippen LogP contribution is 2.18. The molecule has 1 rings (SSSR count). The molecule has 0 heterocycles. The summed E-state index contributed by atoms with van der Waals surface area (Å²) in [5.74, 6) is 0.566. The van der Waals surface area contributed by atoms with Gasteiger partial charge in [-0.1, -0.05) is 30.3 Å². The van der Waals surface area contributed by atoms with E-state index < -0.39 is 6.10 Å². The Morgan fingerprint density at radius 1 is 1.18 bits per heavy atom. The molecule has 0 saturated carbocycles. The van der Waals surface area contributed by atoms with E-state index >= 15 is 0 Å². The summed E-state index contributed by atoms with van der Waals surface area (Å²) in [6.45, 7) is 0.692. The van der Waals surface area contributed by atoms with Crippen LogP contribution in [0.3, 0.4) is 0 Å². The van der Waals surface area contributed by atoms with E-state index in [1.54, 1.807) is 0 Å². The zero-order valence-corrected chi connectivity index (χ0v) is 13.1. The van der Waals surface area contributed by atoms with E-state index in [2.05, 4.69) is 0 Å². The lowest BCUT2D eigenvalue weighted by Gasteiger charge is -2.20. The Morgan fingerprint density at radius 2 is 1.77 bits per heavy atom. The fraction of sp³-hybridized carbons (Fsp3) is 0.438. The van der Waals surface area contributed by atoms with Crippen LogP contribution in [0.2, 0.25) is 0 Å². The molecule has 0 aliphatic carbocycles. The first-order valence-electron chi connectivity index (χ1n) is 7.01. The molecule has 1 atom stereocenters. The van der Waals surface area contributed by atoms with Gasteiger partial charge in [0.25, 0.3) is 0 Å². The van der Waals surface area contributed by atoms with Crippen LogP contribution in [-0.4, -0.2) is 40.5 Å². The van der Waals surface area contributed by atoms with Crippen molar-refractivity contribution in [1.82, 2.24) is 4.90 Å². The Hall–Kier alpha value is -2.02. The number of nitrogens with zero attached hydrogens (tertiary/aromatic N) is 3. The first-order chi connectivity index (χ1) is 10.7. The Kier molecular flexibility index (Phi) is 8.74. The first-order valence-corrected chi connectivity index (χ1v) is 8.17. The summed E-state index contributed by atoms with van der Waals surface area (Å²) in [5, 5.41) is 27.2. The molecular weight excluding hydrogens is 298 g/mol. The van der Waals surface area contributed by atoms with Gasteiger partial charge in [0.2, 0.25) is 5.91 Å². The van der Waals surface area contributed by atoms with E-state index in [-0.39, 0.29) is 24.5 Å². The molecule has 0 spiro atoms. The predicted molar refractivity (Wildman–Crippen MR) is 85.8 cm³/mol. The number of thioether (sulfide) groups is 1. The van der Waals surface area contributed by atoms with Gasteiger partial charge in [-0.15, -0.1) is 11.8 Å². The smallest absolute Gasteiger partial charge is 0.232 e. The van der Waals surface area contributed by atoms with Gasteiger partial charge in [0.05, 0.1) is 36.8 Å². The van der Waals surface area contributed by atoms with Crippen molar-refractivity contribution in [1.29, 1.82) is 10.5 Å². The van der Waals surface area contributed by atoms with E-state index in [0.717, 1.165) is 5.56 Å². The molecule has 1 aromatic carbocycles. The summed E-state index contributed by atoms with van der Waals surface area (Å²) in [5.41, 5.74) is 0.827. The van der Waals surface area contributed by atoms with Gasteiger partial charge in [0.1, 0.15) is 0 Å². The Labute approximate surface area is 135 Å². The van der Waals surface area contributed by atoms with Gasteiger partial charge in [-0.3, -0.25) is 4.79 Å². The molecule has 0 aliphatic heterocycles. The summed E-state index contributed by atoms with van der Waals surface area (Å²) in [7, 11) is 0. The summed E-state index contributed by atoms with van der Waals surface area (Å²) in [6.07, 6.45) is -0.0890. The molecule has 0 fully saturated rings. The van der Waals surface area contributed by atoms with Gasteiger partial charge in [-0.25, -0.2) is 0 Å². The van der Waals surface area contributed by atoms with E-state index in [1.807, 2.05) is 42.5 Å². The van der Waals surface area contributed by atoms with Crippen molar-refractivity contribution in [2.24, 2.45) is 0 Å². The Morgan fingerprint density at radius 3 is 2.32 bits per heavy atom. The van der Waals surface area contributed by atoms with Crippen LogP contribution in [0.5, 0.6) is 0 Å². The van der Waals surface area contributed by atoms with Crippen molar-refractivity contribution in [2.75, 3.05) is 24.6 Å². The number of nitriles is 2. The third-order valence-corrected chi connectivity index (χ3v) is 4.03. The van der Waals surface area contributed by atoms with Crippen molar-refractivity contribution in [3.05, 3.63) is 35.9 Å². The second-order valence-corrected chi connectivity index (χ2v) is 5.67. The number of benzene rings is 1. The highest BCUT2D eigenvalue weighted by Gasteiger charge is 2.14. The highest BCUT2D eigenvalue weighted by atomic mass is 32.2. The fourth-order valence-electron chi connectivity index (χ4n) is 1.85. The zero-order chi connectivity index (χ0) is 16.2. The van der Waals surface area contributed by atoms with Crippen LogP contribution in [0, 0.1) is 22.7 Å². The predicted octanol–water partition coefficient (Wildman–Crippen LogP) is 2.11. The largest absolute Gasteiger partial charge is 0.388 e. The van der Waals surface area contributed by atoms with Gasteiger partial charge < -0.3 is 10.0 Å². The minimum Gasteiger partial charge on any atom is -0.388 e. The number of carbonyl (C=O) groups is 1. The van der Waals surface area contributed by atoms with E-state index in [0.29, 0.717) is 18.8 Å². The molecule has 6 heteroatoms. The second kappa shape index (κ2) is 10.7. The normalized spacial score (nSPS) is 11.2. The molecule has 1 amide bonds. The van der Waals surface area contributed by atoms with Gasteiger partial charge in [-0.05, 0) is 5.56 Å². The molecule has 1 aromatic rings. The molecule has 0 saturated heterocycles. The van der Waals surface area contributed by atoms with Crippen LogP contribution in [0.15, 0.2) is 30.3 Å². The molecule has 0 radical (unpaired) electrons. The maximum atomic E-state index is 12.1. The molecule has 5 nitrogen and oxygen atoms in total. The number of carbonyl (C=O) groups excluding carboxylic acids is 1. The second-order valence-electron chi connectivity index (χ2n) is 4.64. The minimum atomic E-state index is -0.606. The van der Waals surface area contributed by atoms with Crippen molar-refractivity contribution < 1.29 is 9.90 Å². The number of rotatable bonds is 9. The van der Waals surface area contributed by atoms with Crippen molar-refractivity contribution >= 4 is 17.7 Å². The fourth-order valence-corrected chi connectivity index (χ4v) is 2.74. The van der Waals surface area contributed by atoms with Crippen molar-refractivity contribution in [3.8, 4) is 12.1 Å². The van der Waals surface area contributed by atoms with Gasteiger partial charge >= 0.3 is 0 Å². The van der Waals surface area contributed by atoms with Gasteiger partial charge in [-0.2, -0.15) is 10.5 Å².